The maximum absolute atomic E-state index is 12.7. The lowest BCUT2D eigenvalue weighted by Crippen LogP contribution is -2.40. The molecule has 2 heterocycles. The quantitative estimate of drug-likeness (QED) is 0.563. The van der Waals surface area contributed by atoms with Crippen LogP contribution < -0.4 is 15.4 Å². The molecule has 172 valence electrons. The smallest absolute Gasteiger partial charge is 0.321 e. The largest absolute Gasteiger partial charge is 0.497 e. The summed E-state index contributed by atoms with van der Waals surface area (Å²) in [5, 5.41) is 15.4. The van der Waals surface area contributed by atoms with E-state index in [0.29, 0.717) is 23.8 Å². The summed E-state index contributed by atoms with van der Waals surface area (Å²) in [5.74, 6) is 0.629. The summed E-state index contributed by atoms with van der Waals surface area (Å²) < 4.78 is 5.13. The Hall–Kier alpha value is -3.46. The Morgan fingerprint density at radius 2 is 1.76 bits per heavy atom. The molecule has 33 heavy (non-hydrogen) atoms. The summed E-state index contributed by atoms with van der Waals surface area (Å²) in [5.41, 5.74) is 3.72. The third-order valence-electron chi connectivity index (χ3n) is 5.74. The van der Waals surface area contributed by atoms with Gasteiger partial charge in [0.25, 0.3) is 5.91 Å². The maximum atomic E-state index is 12.7. The van der Waals surface area contributed by atoms with Gasteiger partial charge in [-0.15, -0.1) is 10.2 Å². The second-order valence-electron chi connectivity index (χ2n) is 8.14. The number of likely N-dealkylation sites (tertiary alicyclic amines) is 1. The molecule has 1 aromatic heterocycles. The van der Waals surface area contributed by atoms with Gasteiger partial charge in [0, 0.05) is 30.4 Å². The number of nitrogens with zero attached hydrogens (tertiary/aromatic N) is 3. The molecular formula is C24H27N5O3S. The van der Waals surface area contributed by atoms with Crippen molar-refractivity contribution in [2.24, 2.45) is 0 Å². The molecule has 2 aromatic carbocycles. The molecule has 0 radical (unpaired) electrons. The van der Waals surface area contributed by atoms with Crippen molar-refractivity contribution in [3.63, 3.8) is 0 Å². The van der Waals surface area contributed by atoms with Gasteiger partial charge in [0.15, 0.2) is 0 Å². The summed E-state index contributed by atoms with van der Waals surface area (Å²) in [6.07, 6.45) is 1.57. The van der Waals surface area contributed by atoms with Crippen LogP contribution in [0, 0.1) is 13.8 Å². The number of aromatic nitrogens is 2. The SMILES string of the molecule is COc1ccc(NC(=O)c2nnc(C3CCN(C(=O)Nc4ccc(C)cc4C)CC3)s2)cc1. The molecule has 3 aromatic rings. The Balaban J connectivity index is 1.30. The second kappa shape index (κ2) is 9.99. The van der Waals surface area contributed by atoms with Gasteiger partial charge in [-0.05, 0) is 62.6 Å². The van der Waals surface area contributed by atoms with Crippen molar-refractivity contribution in [1.82, 2.24) is 15.1 Å². The fraction of sp³-hybridized carbons (Fsp3) is 0.333. The summed E-state index contributed by atoms with van der Waals surface area (Å²) in [7, 11) is 1.60. The van der Waals surface area contributed by atoms with Gasteiger partial charge in [-0.3, -0.25) is 4.79 Å². The number of methoxy groups -OCH3 is 1. The molecule has 0 saturated carbocycles. The molecule has 1 aliphatic heterocycles. The van der Waals surface area contributed by atoms with Crippen LogP contribution in [0.15, 0.2) is 42.5 Å². The van der Waals surface area contributed by atoms with E-state index in [1.807, 2.05) is 30.9 Å². The number of hydrogen-bond acceptors (Lipinski definition) is 6. The summed E-state index contributed by atoms with van der Waals surface area (Å²) in [4.78, 5) is 27.0. The number of hydrogen-bond donors (Lipinski definition) is 2. The van der Waals surface area contributed by atoms with Gasteiger partial charge in [0.1, 0.15) is 10.8 Å². The van der Waals surface area contributed by atoms with E-state index in [0.717, 1.165) is 34.8 Å². The van der Waals surface area contributed by atoms with E-state index in [1.165, 1.54) is 16.9 Å². The van der Waals surface area contributed by atoms with Crippen molar-refractivity contribution >= 4 is 34.6 Å². The lowest BCUT2D eigenvalue weighted by molar-refractivity contribution is 0.102. The number of benzene rings is 2. The van der Waals surface area contributed by atoms with Crippen LogP contribution in [0.2, 0.25) is 0 Å². The Morgan fingerprint density at radius 1 is 1.03 bits per heavy atom. The number of carbonyl (C=O) groups excluding carboxylic acids is 2. The fourth-order valence-electron chi connectivity index (χ4n) is 3.83. The minimum Gasteiger partial charge on any atom is -0.497 e. The monoisotopic (exact) mass is 465 g/mol. The molecule has 0 spiro atoms. The molecule has 0 aliphatic carbocycles. The first kappa shape index (κ1) is 22.7. The molecule has 3 amide bonds. The third-order valence-corrected chi connectivity index (χ3v) is 6.82. The predicted molar refractivity (Wildman–Crippen MR) is 129 cm³/mol. The lowest BCUT2D eigenvalue weighted by atomic mass is 9.98. The Labute approximate surface area is 197 Å². The van der Waals surface area contributed by atoms with Gasteiger partial charge in [0.2, 0.25) is 5.01 Å². The topological polar surface area (TPSA) is 96.4 Å². The van der Waals surface area contributed by atoms with Gasteiger partial charge >= 0.3 is 6.03 Å². The Bertz CT molecular complexity index is 1140. The van der Waals surface area contributed by atoms with Crippen LogP contribution in [0.1, 0.15) is 44.7 Å². The van der Waals surface area contributed by atoms with Crippen LogP contribution in [-0.2, 0) is 0 Å². The lowest BCUT2D eigenvalue weighted by Gasteiger charge is -2.31. The van der Waals surface area contributed by atoms with E-state index in [1.54, 1.807) is 31.4 Å². The van der Waals surface area contributed by atoms with Gasteiger partial charge < -0.3 is 20.3 Å². The van der Waals surface area contributed by atoms with Gasteiger partial charge in [-0.2, -0.15) is 0 Å². The number of rotatable bonds is 5. The van der Waals surface area contributed by atoms with Crippen LogP contribution in [0.3, 0.4) is 0 Å². The first-order chi connectivity index (χ1) is 15.9. The fourth-order valence-corrected chi connectivity index (χ4v) is 4.74. The van der Waals surface area contributed by atoms with Crippen molar-refractivity contribution in [2.75, 3.05) is 30.8 Å². The highest BCUT2D eigenvalue weighted by Gasteiger charge is 2.27. The molecule has 0 bridgehead atoms. The molecular weight excluding hydrogens is 438 g/mol. The van der Waals surface area contributed by atoms with Gasteiger partial charge in [0.05, 0.1) is 7.11 Å². The van der Waals surface area contributed by atoms with Crippen molar-refractivity contribution < 1.29 is 14.3 Å². The van der Waals surface area contributed by atoms with Crippen molar-refractivity contribution in [3.05, 3.63) is 63.6 Å². The number of nitrogens with one attached hydrogen (secondary N) is 2. The zero-order valence-electron chi connectivity index (χ0n) is 18.9. The summed E-state index contributed by atoms with van der Waals surface area (Å²) in [6.45, 7) is 5.29. The zero-order valence-corrected chi connectivity index (χ0v) is 19.7. The number of piperidine rings is 1. The highest BCUT2D eigenvalue weighted by atomic mass is 32.1. The van der Waals surface area contributed by atoms with E-state index in [2.05, 4.69) is 26.9 Å². The number of anilines is 2. The first-order valence-electron chi connectivity index (χ1n) is 10.8. The molecule has 4 rings (SSSR count). The van der Waals surface area contributed by atoms with Crippen molar-refractivity contribution in [2.45, 2.75) is 32.6 Å². The number of aryl methyl sites for hydroxylation is 2. The van der Waals surface area contributed by atoms with E-state index in [-0.39, 0.29) is 17.9 Å². The predicted octanol–water partition coefficient (Wildman–Crippen LogP) is 4.83. The number of ether oxygens (including phenoxy) is 1. The van der Waals surface area contributed by atoms with Crippen molar-refractivity contribution in [1.29, 1.82) is 0 Å². The molecule has 2 N–H and O–H groups in total. The minimum absolute atomic E-state index is 0.0859. The van der Waals surface area contributed by atoms with Crippen LogP contribution in [0.5, 0.6) is 5.75 Å². The number of amides is 3. The standard InChI is InChI=1S/C24H27N5O3S/c1-15-4-9-20(16(2)14-15)26-24(31)29-12-10-17(11-13-29)22-27-28-23(33-22)21(30)25-18-5-7-19(32-3)8-6-18/h4-9,14,17H,10-13H2,1-3H3,(H,25,30)(H,26,31). The summed E-state index contributed by atoms with van der Waals surface area (Å²) >= 11 is 1.31. The molecule has 1 fully saturated rings. The van der Waals surface area contributed by atoms with E-state index < -0.39 is 0 Å². The number of urea groups is 1. The van der Waals surface area contributed by atoms with E-state index in [9.17, 15) is 9.59 Å². The normalized spacial score (nSPS) is 14.1. The third kappa shape index (κ3) is 5.48. The van der Waals surface area contributed by atoms with Crippen LogP contribution in [-0.4, -0.2) is 47.2 Å². The van der Waals surface area contributed by atoms with Gasteiger partial charge in [-0.25, -0.2) is 4.79 Å². The highest BCUT2D eigenvalue weighted by molar-refractivity contribution is 7.13. The molecule has 0 atom stereocenters. The minimum atomic E-state index is -0.283. The maximum Gasteiger partial charge on any atom is 0.321 e. The van der Waals surface area contributed by atoms with Crippen LogP contribution in [0.4, 0.5) is 16.2 Å². The summed E-state index contributed by atoms with van der Waals surface area (Å²) in [6, 6.07) is 13.0. The Kier molecular flexibility index (Phi) is 6.88. The van der Waals surface area contributed by atoms with Crippen LogP contribution in [0.25, 0.3) is 0 Å². The molecule has 0 unspecified atom stereocenters. The molecule has 1 saturated heterocycles. The molecule has 9 heteroatoms. The van der Waals surface area contributed by atoms with Crippen molar-refractivity contribution in [3.8, 4) is 5.75 Å². The van der Waals surface area contributed by atoms with Crippen LogP contribution >= 0.6 is 11.3 Å². The molecule has 8 nitrogen and oxygen atoms in total. The average Bonchev–Trinajstić information content (AvgIpc) is 3.32. The highest BCUT2D eigenvalue weighted by Crippen LogP contribution is 2.31. The molecule has 1 aliphatic rings. The Morgan fingerprint density at radius 3 is 2.42 bits per heavy atom. The zero-order chi connectivity index (χ0) is 23.4. The van der Waals surface area contributed by atoms with E-state index in [4.69, 9.17) is 4.74 Å². The second-order valence-corrected chi connectivity index (χ2v) is 9.15. The number of carbonyl (C=O) groups is 2. The first-order valence-corrected chi connectivity index (χ1v) is 11.7. The average molecular weight is 466 g/mol. The van der Waals surface area contributed by atoms with E-state index >= 15 is 0 Å². The van der Waals surface area contributed by atoms with Gasteiger partial charge in [-0.1, -0.05) is 29.0 Å².